The first-order valence-corrected chi connectivity index (χ1v) is 4.50. The van der Waals surface area contributed by atoms with E-state index in [0.29, 0.717) is 5.92 Å². The van der Waals surface area contributed by atoms with E-state index in [-0.39, 0.29) is 0 Å². The van der Waals surface area contributed by atoms with Gasteiger partial charge in [-0.1, -0.05) is 0 Å². The maximum Gasteiger partial charge on any atom is 0.312 e. The highest BCUT2D eigenvalue weighted by atomic mass is 16.1. The number of carbonyl (C=O) groups excluding carboxylic acids is 1. The molecule has 3 nitrogen and oxygen atoms in total. The van der Waals surface area contributed by atoms with Crippen molar-refractivity contribution >= 4 is 6.41 Å². The molecular weight excluding hydrogens is 152 g/mol. The smallest absolute Gasteiger partial charge is 0.312 e. The molecule has 1 fully saturated rings. The maximum atomic E-state index is 10.4. The van der Waals surface area contributed by atoms with Gasteiger partial charge in [0.1, 0.15) is 0 Å². The van der Waals surface area contributed by atoms with E-state index >= 15 is 0 Å². The molecule has 1 heterocycles. The standard InChI is InChI=1S/C9H17N2O/c1-10(2)6-9-4-3-5-11(7-9)8-12/h9H,3-7H2,1-2H3. The molecule has 1 saturated heterocycles. The van der Waals surface area contributed by atoms with Crippen LogP contribution < -0.4 is 0 Å². The Labute approximate surface area is 74.3 Å². The molecule has 1 amide bonds. The van der Waals surface area contributed by atoms with Crippen LogP contribution in [-0.2, 0) is 4.79 Å². The second-order valence-electron chi connectivity index (χ2n) is 3.81. The summed E-state index contributed by atoms with van der Waals surface area (Å²) in [5.41, 5.74) is 0. The summed E-state index contributed by atoms with van der Waals surface area (Å²) >= 11 is 0. The Balaban J connectivity index is 2.30. The second kappa shape index (κ2) is 4.45. The predicted octanol–water partition coefficient (Wildman–Crippen LogP) is 0.327. The quantitative estimate of drug-likeness (QED) is 0.607. The minimum Gasteiger partial charge on any atom is -0.334 e. The monoisotopic (exact) mass is 169 g/mol. The van der Waals surface area contributed by atoms with Gasteiger partial charge in [0.15, 0.2) is 0 Å². The van der Waals surface area contributed by atoms with Crippen LogP contribution in [0, 0.1) is 5.92 Å². The highest BCUT2D eigenvalue weighted by molar-refractivity contribution is 5.48. The van der Waals surface area contributed by atoms with Crippen molar-refractivity contribution in [3.05, 3.63) is 0 Å². The van der Waals surface area contributed by atoms with Crippen LogP contribution in [0.4, 0.5) is 0 Å². The molecule has 0 aromatic heterocycles. The Morgan fingerprint density at radius 2 is 2.33 bits per heavy atom. The topological polar surface area (TPSA) is 23.6 Å². The molecule has 0 saturated carbocycles. The van der Waals surface area contributed by atoms with Gasteiger partial charge in [-0.2, -0.15) is 0 Å². The summed E-state index contributed by atoms with van der Waals surface area (Å²) in [6.07, 6.45) is 4.35. The van der Waals surface area contributed by atoms with Crippen molar-refractivity contribution in [1.29, 1.82) is 0 Å². The molecule has 0 N–H and O–H groups in total. The van der Waals surface area contributed by atoms with Crippen LogP contribution in [0.1, 0.15) is 12.8 Å². The van der Waals surface area contributed by atoms with Crippen LogP contribution in [0.25, 0.3) is 0 Å². The van der Waals surface area contributed by atoms with Gasteiger partial charge in [0, 0.05) is 19.6 Å². The molecule has 0 aromatic rings. The van der Waals surface area contributed by atoms with E-state index in [1.807, 2.05) is 6.41 Å². The number of piperidine rings is 1. The SMILES string of the molecule is CN(C)CC1CCCN([C]=O)C1. The lowest BCUT2D eigenvalue weighted by molar-refractivity contribution is 0.206. The zero-order valence-corrected chi connectivity index (χ0v) is 7.92. The minimum atomic E-state index is 0.648. The lowest BCUT2D eigenvalue weighted by Gasteiger charge is -2.30. The van der Waals surface area contributed by atoms with E-state index in [1.165, 1.54) is 6.42 Å². The van der Waals surface area contributed by atoms with Gasteiger partial charge >= 0.3 is 6.41 Å². The van der Waals surface area contributed by atoms with Gasteiger partial charge in [-0.25, -0.2) is 0 Å². The van der Waals surface area contributed by atoms with Crippen LogP contribution in [0.5, 0.6) is 0 Å². The van der Waals surface area contributed by atoms with Gasteiger partial charge < -0.3 is 9.80 Å². The number of hydrogen-bond donors (Lipinski definition) is 0. The molecule has 1 atom stereocenters. The zero-order chi connectivity index (χ0) is 8.97. The van der Waals surface area contributed by atoms with E-state index in [1.54, 1.807) is 4.90 Å². The summed E-state index contributed by atoms with van der Waals surface area (Å²) in [5, 5.41) is 0. The molecule has 1 aliphatic rings. The molecule has 1 rings (SSSR count). The van der Waals surface area contributed by atoms with Gasteiger partial charge in [0.25, 0.3) is 0 Å². The fourth-order valence-electron chi connectivity index (χ4n) is 1.81. The van der Waals surface area contributed by atoms with Crippen LogP contribution >= 0.6 is 0 Å². The number of nitrogens with zero attached hydrogens (tertiary/aromatic N) is 2. The summed E-state index contributed by atoms with van der Waals surface area (Å²) in [5.74, 6) is 0.648. The van der Waals surface area contributed by atoms with Crippen LogP contribution in [0.2, 0.25) is 0 Å². The summed E-state index contributed by atoms with van der Waals surface area (Å²) in [4.78, 5) is 14.3. The van der Waals surface area contributed by atoms with Gasteiger partial charge in [0.2, 0.25) is 0 Å². The molecule has 0 aliphatic carbocycles. The summed E-state index contributed by atoms with van der Waals surface area (Å²) in [6.45, 7) is 2.87. The van der Waals surface area contributed by atoms with Crippen molar-refractivity contribution in [2.45, 2.75) is 12.8 Å². The van der Waals surface area contributed by atoms with Crippen molar-refractivity contribution in [1.82, 2.24) is 9.80 Å². The second-order valence-corrected chi connectivity index (χ2v) is 3.81. The van der Waals surface area contributed by atoms with Gasteiger partial charge in [-0.05, 0) is 32.9 Å². The summed E-state index contributed by atoms with van der Waals surface area (Å²) in [7, 11) is 4.15. The Hall–Kier alpha value is -0.570. The van der Waals surface area contributed by atoms with Crippen molar-refractivity contribution in [3.8, 4) is 0 Å². The lowest BCUT2D eigenvalue weighted by Crippen LogP contribution is -2.38. The van der Waals surface area contributed by atoms with Crippen molar-refractivity contribution < 1.29 is 4.79 Å². The molecule has 0 spiro atoms. The van der Waals surface area contributed by atoms with Crippen molar-refractivity contribution in [2.24, 2.45) is 5.92 Å². The number of hydrogen-bond acceptors (Lipinski definition) is 2. The van der Waals surface area contributed by atoms with E-state index in [0.717, 1.165) is 26.1 Å². The van der Waals surface area contributed by atoms with Crippen molar-refractivity contribution in [3.63, 3.8) is 0 Å². The molecule has 0 aromatic carbocycles. The fourth-order valence-corrected chi connectivity index (χ4v) is 1.81. The van der Waals surface area contributed by atoms with Crippen LogP contribution in [0.15, 0.2) is 0 Å². The third-order valence-electron chi connectivity index (χ3n) is 2.27. The minimum absolute atomic E-state index is 0.648. The van der Waals surface area contributed by atoms with E-state index in [4.69, 9.17) is 0 Å². The van der Waals surface area contributed by atoms with Crippen LogP contribution in [0.3, 0.4) is 0 Å². The lowest BCUT2D eigenvalue weighted by atomic mass is 9.98. The summed E-state index contributed by atoms with van der Waals surface area (Å²) in [6, 6.07) is 0. The first-order chi connectivity index (χ1) is 5.72. The van der Waals surface area contributed by atoms with Crippen molar-refractivity contribution in [2.75, 3.05) is 33.7 Å². The Morgan fingerprint density at radius 1 is 1.58 bits per heavy atom. The first kappa shape index (κ1) is 9.52. The third kappa shape index (κ3) is 2.81. The normalized spacial score (nSPS) is 24.6. The average molecular weight is 169 g/mol. The number of amides is 1. The van der Waals surface area contributed by atoms with Gasteiger partial charge in [-0.15, -0.1) is 0 Å². The highest BCUT2D eigenvalue weighted by Crippen LogP contribution is 2.15. The molecule has 1 radical (unpaired) electrons. The van der Waals surface area contributed by atoms with E-state index in [2.05, 4.69) is 19.0 Å². The predicted molar refractivity (Wildman–Crippen MR) is 48.5 cm³/mol. The van der Waals surface area contributed by atoms with Gasteiger partial charge in [-0.3, -0.25) is 4.79 Å². The van der Waals surface area contributed by atoms with Gasteiger partial charge in [0.05, 0.1) is 0 Å². The third-order valence-corrected chi connectivity index (χ3v) is 2.27. The van der Waals surface area contributed by atoms with E-state index in [9.17, 15) is 4.79 Å². The molecule has 0 bridgehead atoms. The average Bonchev–Trinajstić information content (AvgIpc) is 2.03. The molecular formula is C9H17N2O. The van der Waals surface area contributed by atoms with Crippen LogP contribution in [-0.4, -0.2) is 49.9 Å². The van der Waals surface area contributed by atoms with E-state index < -0.39 is 0 Å². The number of likely N-dealkylation sites (tertiary alicyclic amines) is 1. The maximum absolute atomic E-state index is 10.4. The number of rotatable bonds is 3. The first-order valence-electron chi connectivity index (χ1n) is 4.50. The Kier molecular flexibility index (Phi) is 3.53. The zero-order valence-electron chi connectivity index (χ0n) is 7.92. The highest BCUT2D eigenvalue weighted by Gasteiger charge is 2.19. The molecule has 3 heteroatoms. The largest absolute Gasteiger partial charge is 0.334 e. The molecule has 1 aliphatic heterocycles. The Bertz CT molecular complexity index is 147. The molecule has 1 unspecified atom stereocenters. The Morgan fingerprint density at radius 3 is 2.92 bits per heavy atom. The molecule has 69 valence electrons. The summed E-state index contributed by atoms with van der Waals surface area (Å²) < 4.78 is 0. The fraction of sp³-hybridized carbons (Fsp3) is 0.889. The molecule has 12 heavy (non-hydrogen) atoms.